The molecule has 1 heterocycles. The number of carboxylic acid groups (broad SMARTS) is 1. The van der Waals surface area contributed by atoms with E-state index in [9.17, 15) is 14.7 Å². The first-order valence-corrected chi connectivity index (χ1v) is 6.99. The minimum absolute atomic E-state index is 0.213. The number of amides is 2. The largest absolute Gasteiger partial charge is 0.480 e. The zero-order valence-electron chi connectivity index (χ0n) is 11.6. The summed E-state index contributed by atoms with van der Waals surface area (Å²) in [7, 11) is 0. The highest BCUT2D eigenvalue weighted by molar-refractivity contribution is 6.31. The van der Waals surface area contributed by atoms with E-state index in [-0.39, 0.29) is 5.92 Å². The first-order chi connectivity index (χ1) is 9.97. The molecule has 114 valence electrons. The number of nitrogens with one attached hydrogen (secondary N) is 2. The Bertz CT molecular complexity index is 544. The van der Waals surface area contributed by atoms with E-state index in [1.165, 1.54) is 0 Å². The Balaban J connectivity index is 1.98. The first kappa shape index (κ1) is 15.6. The van der Waals surface area contributed by atoms with Crippen LogP contribution in [0.5, 0.6) is 0 Å². The van der Waals surface area contributed by atoms with E-state index >= 15 is 0 Å². The number of anilines is 1. The van der Waals surface area contributed by atoms with Gasteiger partial charge < -0.3 is 20.5 Å². The molecule has 0 unspecified atom stereocenters. The highest BCUT2D eigenvalue weighted by Gasteiger charge is 2.32. The number of aryl methyl sites for hydroxylation is 1. The van der Waals surface area contributed by atoms with Crippen molar-refractivity contribution in [1.82, 2.24) is 5.32 Å². The number of benzene rings is 1. The summed E-state index contributed by atoms with van der Waals surface area (Å²) in [4.78, 5) is 23.2. The van der Waals surface area contributed by atoms with Crippen LogP contribution in [0.15, 0.2) is 18.2 Å². The zero-order chi connectivity index (χ0) is 15.4. The number of carbonyl (C=O) groups is 2. The lowest BCUT2D eigenvalue weighted by Crippen LogP contribution is -2.47. The lowest BCUT2D eigenvalue weighted by atomic mass is 9.99. The summed E-state index contributed by atoms with van der Waals surface area (Å²) in [5.74, 6) is -1.28. The Hall–Kier alpha value is -1.79. The van der Waals surface area contributed by atoms with E-state index in [4.69, 9.17) is 16.3 Å². The Morgan fingerprint density at radius 2 is 2.24 bits per heavy atom. The second-order valence-electron chi connectivity index (χ2n) is 5.00. The molecule has 6 nitrogen and oxygen atoms in total. The number of ether oxygens (including phenoxy) is 1. The molecule has 2 rings (SSSR count). The molecule has 2 amide bonds. The van der Waals surface area contributed by atoms with Crippen molar-refractivity contribution in [2.75, 3.05) is 18.5 Å². The second-order valence-corrected chi connectivity index (χ2v) is 5.41. The molecule has 7 heteroatoms. The molecule has 0 saturated carbocycles. The second kappa shape index (κ2) is 6.78. The monoisotopic (exact) mass is 312 g/mol. The molecule has 2 atom stereocenters. The van der Waals surface area contributed by atoms with Crippen LogP contribution in [-0.2, 0) is 9.53 Å². The number of rotatable bonds is 4. The smallest absolute Gasteiger partial charge is 0.326 e. The number of urea groups is 1. The molecule has 0 bridgehead atoms. The van der Waals surface area contributed by atoms with Crippen LogP contribution in [0.2, 0.25) is 5.02 Å². The highest BCUT2D eigenvalue weighted by Crippen LogP contribution is 2.20. The summed E-state index contributed by atoms with van der Waals surface area (Å²) in [6.07, 6.45) is 0.619. The van der Waals surface area contributed by atoms with Gasteiger partial charge in [-0.15, -0.1) is 0 Å². The Kier molecular flexibility index (Phi) is 5.03. The summed E-state index contributed by atoms with van der Waals surface area (Å²) in [5, 5.41) is 14.8. The minimum Gasteiger partial charge on any atom is -0.480 e. The lowest BCUT2D eigenvalue weighted by molar-refractivity contribution is -0.140. The van der Waals surface area contributed by atoms with Crippen LogP contribution < -0.4 is 10.6 Å². The van der Waals surface area contributed by atoms with Gasteiger partial charge >= 0.3 is 12.0 Å². The number of halogens is 1. The molecule has 3 N–H and O–H groups in total. The van der Waals surface area contributed by atoms with Gasteiger partial charge in [0.25, 0.3) is 0 Å². The molecule has 0 aliphatic carbocycles. The third kappa shape index (κ3) is 4.09. The summed E-state index contributed by atoms with van der Waals surface area (Å²) < 4.78 is 5.16. The van der Waals surface area contributed by atoms with Crippen LogP contribution in [-0.4, -0.2) is 36.4 Å². The van der Waals surface area contributed by atoms with E-state index in [0.717, 1.165) is 5.56 Å². The molecule has 1 aromatic rings. The molecule has 1 fully saturated rings. The van der Waals surface area contributed by atoms with E-state index in [1.54, 1.807) is 18.2 Å². The van der Waals surface area contributed by atoms with E-state index in [0.29, 0.717) is 30.3 Å². The average molecular weight is 313 g/mol. The lowest BCUT2D eigenvalue weighted by Gasteiger charge is -2.19. The van der Waals surface area contributed by atoms with Crippen LogP contribution >= 0.6 is 11.6 Å². The molecule has 0 spiro atoms. The minimum atomic E-state index is -1.07. The summed E-state index contributed by atoms with van der Waals surface area (Å²) in [6, 6.07) is 3.56. The molecular weight excluding hydrogens is 296 g/mol. The summed E-state index contributed by atoms with van der Waals surface area (Å²) in [6.45, 7) is 2.71. The average Bonchev–Trinajstić information content (AvgIpc) is 2.93. The predicted octanol–water partition coefficient (Wildman–Crippen LogP) is 2.26. The van der Waals surface area contributed by atoms with Gasteiger partial charge in [-0.1, -0.05) is 17.7 Å². The molecule has 1 saturated heterocycles. The van der Waals surface area contributed by atoms with Gasteiger partial charge in [-0.05, 0) is 31.0 Å². The summed E-state index contributed by atoms with van der Waals surface area (Å²) >= 11 is 5.97. The molecule has 0 radical (unpaired) electrons. The van der Waals surface area contributed by atoms with Crippen LogP contribution in [0.4, 0.5) is 10.5 Å². The fourth-order valence-electron chi connectivity index (χ4n) is 2.18. The molecule has 1 aliphatic heterocycles. The normalized spacial score (nSPS) is 19.0. The van der Waals surface area contributed by atoms with Gasteiger partial charge in [0.05, 0.1) is 6.61 Å². The fourth-order valence-corrected chi connectivity index (χ4v) is 2.36. The molecule has 1 aromatic carbocycles. The van der Waals surface area contributed by atoms with Gasteiger partial charge in [-0.25, -0.2) is 9.59 Å². The zero-order valence-corrected chi connectivity index (χ0v) is 12.3. The van der Waals surface area contributed by atoms with Crippen molar-refractivity contribution in [3.05, 3.63) is 28.8 Å². The first-order valence-electron chi connectivity index (χ1n) is 6.61. The fraction of sp³-hybridized carbons (Fsp3) is 0.429. The molecule has 0 aromatic heterocycles. The number of hydrogen-bond donors (Lipinski definition) is 3. The number of carbonyl (C=O) groups excluding carboxylic acids is 1. The van der Waals surface area contributed by atoms with Gasteiger partial charge in [-0.2, -0.15) is 0 Å². The molecule has 21 heavy (non-hydrogen) atoms. The SMILES string of the molecule is Cc1ccc(NC(=O)N[C@@H](C(=O)O)[C@H]2CCOC2)cc1Cl. The topological polar surface area (TPSA) is 87.7 Å². The van der Waals surface area contributed by atoms with E-state index in [1.807, 2.05) is 6.92 Å². The van der Waals surface area contributed by atoms with Crippen molar-refractivity contribution in [3.8, 4) is 0 Å². The van der Waals surface area contributed by atoms with Crippen LogP contribution in [0.3, 0.4) is 0 Å². The van der Waals surface area contributed by atoms with Gasteiger partial charge in [-0.3, -0.25) is 0 Å². The highest BCUT2D eigenvalue weighted by atomic mass is 35.5. The van der Waals surface area contributed by atoms with Crippen molar-refractivity contribution in [1.29, 1.82) is 0 Å². The van der Waals surface area contributed by atoms with Gasteiger partial charge in [0.1, 0.15) is 6.04 Å². The van der Waals surface area contributed by atoms with E-state index in [2.05, 4.69) is 10.6 Å². The van der Waals surface area contributed by atoms with Crippen molar-refractivity contribution in [2.45, 2.75) is 19.4 Å². The maximum Gasteiger partial charge on any atom is 0.326 e. The van der Waals surface area contributed by atoms with Gasteiger partial charge in [0.2, 0.25) is 0 Å². The van der Waals surface area contributed by atoms with Crippen LogP contribution in [0.1, 0.15) is 12.0 Å². The standard InChI is InChI=1S/C14H17ClN2O4/c1-8-2-3-10(6-11(8)15)16-14(20)17-12(13(18)19)9-4-5-21-7-9/h2-3,6,9,12H,4-5,7H2,1H3,(H,18,19)(H2,16,17,20)/t9-,12+/m0/s1. The third-order valence-corrected chi connectivity index (χ3v) is 3.83. The van der Waals surface area contributed by atoms with Gasteiger partial charge in [0.15, 0.2) is 0 Å². The third-order valence-electron chi connectivity index (χ3n) is 3.42. The van der Waals surface area contributed by atoms with Crippen molar-refractivity contribution in [3.63, 3.8) is 0 Å². The Morgan fingerprint density at radius 1 is 1.48 bits per heavy atom. The number of aliphatic carboxylic acids is 1. The Morgan fingerprint density at radius 3 is 2.81 bits per heavy atom. The van der Waals surface area contributed by atoms with Gasteiger partial charge in [0, 0.05) is 23.2 Å². The van der Waals surface area contributed by atoms with Crippen LogP contribution in [0.25, 0.3) is 0 Å². The number of carboxylic acids is 1. The van der Waals surface area contributed by atoms with Crippen LogP contribution in [0, 0.1) is 12.8 Å². The van der Waals surface area contributed by atoms with E-state index < -0.39 is 18.0 Å². The quantitative estimate of drug-likeness (QED) is 0.796. The van der Waals surface area contributed by atoms with Crippen molar-refractivity contribution >= 4 is 29.3 Å². The number of hydrogen-bond acceptors (Lipinski definition) is 3. The Labute approximate surface area is 127 Å². The van der Waals surface area contributed by atoms with Crippen molar-refractivity contribution < 1.29 is 19.4 Å². The summed E-state index contributed by atoms with van der Waals surface area (Å²) in [5.41, 5.74) is 1.41. The molecular formula is C14H17ClN2O4. The van der Waals surface area contributed by atoms with Crippen molar-refractivity contribution in [2.24, 2.45) is 5.92 Å². The predicted molar refractivity (Wildman–Crippen MR) is 78.7 cm³/mol. The molecule has 1 aliphatic rings. The maximum absolute atomic E-state index is 11.9. The maximum atomic E-state index is 11.9.